The second kappa shape index (κ2) is 3.70. The van der Waals surface area contributed by atoms with Gasteiger partial charge in [0.15, 0.2) is 0 Å². The van der Waals surface area contributed by atoms with Crippen molar-refractivity contribution in [2.24, 2.45) is 0 Å². The van der Waals surface area contributed by atoms with E-state index in [0.717, 1.165) is 24.2 Å². The normalized spacial score (nSPS) is 15.4. The van der Waals surface area contributed by atoms with Gasteiger partial charge in [-0.15, -0.1) is 0 Å². The van der Waals surface area contributed by atoms with Crippen molar-refractivity contribution < 1.29 is 5.11 Å². The third kappa shape index (κ3) is 1.44. The molecule has 2 heteroatoms. The third-order valence-corrected chi connectivity index (χ3v) is 3.26. The van der Waals surface area contributed by atoms with E-state index in [1.54, 1.807) is 0 Å². The summed E-state index contributed by atoms with van der Waals surface area (Å²) in [5, 5.41) is 9.25. The molecule has 0 amide bonds. The van der Waals surface area contributed by atoms with Crippen LogP contribution in [0.2, 0.25) is 0 Å². The fraction of sp³-hybridized carbons (Fsp3) is 0.583. The molecule has 0 aromatic carbocycles. The third-order valence-electron chi connectivity index (χ3n) is 3.26. The van der Waals surface area contributed by atoms with Crippen molar-refractivity contribution in [1.82, 2.24) is 4.98 Å². The molecule has 2 rings (SSSR count). The van der Waals surface area contributed by atoms with Gasteiger partial charge in [-0.2, -0.15) is 0 Å². The average molecular weight is 191 g/mol. The number of aromatic nitrogens is 1. The zero-order valence-electron chi connectivity index (χ0n) is 8.93. The van der Waals surface area contributed by atoms with Crippen LogP contribution in [0.3, 0.4) is 0 Å². The van der Waals surface area contributed by atoms with Crippen LogP contribution in [-0.2, 0) is 19.4 Å². The quantitative estimate of drug-likeness (QED) is 0.737. The van der Waals surface area contributed by atoms with E-state index >= 15 is 0 Å². The van der Waals surface area contributed by atoms with Gasteiger partial charge < -0.3 is 5.11 Å². The minimum absolute atomic E-state index is 0.0868. The predicted molar refractivity (Wildman–Crippen MR) is 56.3 cm³/mol. The summed E-state index contributed by atoms with van der Waals surface area (Å²) >= 11 is 0. The van der Waals surface area contributed by atoms with Crippen LogP contribution in [0.1, 0.15) is 40.9 Å². The maximum Gasteiger partial charge on any atom is 0.0856 e. The van der Waals surface area contributed by atoms with Gasteiger partial charge in [-0.1, -0.05) is 0 Å². The van der Waals surface area contributed by atoms with Gasteiger partial charge in [0.1, 0.15) is 0 Å². The first-order valence-electron chi connectivity index (χ1n) is 5.32. The van der Waals surface area contributed by atoms with Gasteiger partial charge >= 0.3 is 0 Å². The van der Waals surface area contributed by atoms with Gasteiger partial charge in [-0.05, 0) is 56.2 Å². The molecule has 1 aliphatic rings. The van der Waals surface area contributed by atoms with E-state index in [-0.39, 0.29) is 6.61 Å². The molecule has 0 atom stereocenters. The lowest BCUT2D eigenvalue weighted by Crippen LogP contribution is -2.12. The molecule has 2 nitrogen and oxygen atoms in total. The zero-order valence-corrected chi connectivity index (χ0v) is 8.93. The summed E-state index contributed by atoms with van der Waals surface area (Å²) < 4.78 is 0. The molecule has 0 fully saturated rings. The summed E-state index contributed by atoms with van der Waals surface area (Å²) in [6.45, 7) is 4.26. The first-order chi connectivity index (χ1) is 6.74. The number of hydrogen-bond acceptors (Lipinski definition) is 2. The van der Waals surface area contributed by atoms with Crippen molar-refractivity contribution in [3.05, 3.63) is 28.1 Å². The van der Waals surface area contributed by atoms with Crippen LogP contribution in [0, 0.1) is 13.8 Å². The van der Waals surface area contributed by atoms with Crippen LogP contribution in [0.5, 0.6) is 0 Å². The van der Waals surface area contributed by atoms with Crippen molar-refractivity contribution in [3.8, 4) is 0 Å². The molecule has 0 radical (unpaired) electrons. The molecule has 1 aromatic heterocycles. The molecule has 0 aliphatic heterocycles. The van der Waals surface area contributed by atoms with E-state index in [1.165, 1.54) is 29.5 Å². The highest BCUT2D eigenvalue weighted by molar-refractivity contribution is 5.40. The van der Waals surface area contributed by atoms with E-state index in [1.807, 2.05) is 6.92 Å². The average Bonchev–Trinajstić information content (AvgIpc) is 2.23. The highest BCUT2D eigenvalue weighted by atomic mass is 16.3. The van der Waals surface area contributed by atoms with Crippen LogP contribution < -0.4 is 0 Å². The number of aliphatic hydroxyl groups is 1. The number of pyridine rings is 1. The monoisotopic (exact) mass is 191 g/mol. The van der Waals surface area contributed by atoms with Crippen LogP contribution >= 0.6 is 0 Å². The lowest BCUT2D eigenvalue weighted by atomic mass is 9.87. The number of fused-ring (bicyclic) bond motifs is 1. The van der Waals surface area contributed by atoms with Crippen molar-refractivity contribution in [3.63, 3.8) is 0 Å². The van der Waals surface area contributed by atoms with Crippen molar-refractivity contribution >= 4 is 0 Å². The van der Waals surface area contributed by atoms with Crippen LogP contribution in [0.15, 0.2) is 0 Å². The zero-order chi connectivity index (χ0) is 10.1. The first-order valence-corrected chi connectivity index (χ1v) is 5.32. The Morgan fingerprint density at radius 2 is 1.79 bits per heavy atom. The fourth-order valence-corrected chi connectivity index (χ4v) is 2.34. The SMILES string of the molecule is Cc1nc(CO)c2c(c1C)CCCC2. The minimum Gasteiger partial charge on any atom is -0.390 e. The Morgan fingerprint density at radius 1 is 1.14 bits per heavy atom. The molecular formula is C12H17NO. The van der Waals surface area contributed by atoms with Gasteiger partial charge in [0, 0.05) is 5.69 Å². The lowest BCUT2D eigenvalue weighted by molar-refractivity contribution is 0.274. The highest BCUT2D eigenvalue weighted by Gasteiger charge is 2.17. The molecule has 1 heterocycles. The van der Waals surface area contributed by atoms with Gasteiger partial charge in [0.05, 0.1) is 12.3 Å². The van der Waals surface area contributed by atoms with Gasteiger partial charge in [-0.25, -0.2) is 0 Å². The van der Waals surface area contributed by atoms with E-state index in [9.17, 15) is 5.11 Å². The molecule has 0 saturated heterocycles. The molecule has 76 valence electrons. The Bertz CT molecular complexity index is 358. The molecule has 0 bridgehead atoms. The minimum atomic E-state index is 0.0868. The Labute approximate surface area is 85.0 Å². The maximum atomic E-state index is 9.25. The summed E-state index contributed by atoms with van der Waals surface area (Å²) in [4.78, 5) is 4.45. The van der Waals surface area contributed by atoms with E-state index < -0.39 is 0 Å². The van der Waals surface area contributed by atoms with Gasteiger partial charge in [-0.3, -0.25) is 4.98 Å². The van der Waals surface area contributed by atoms with Crippen LogP contribution in [0.4, 0.5) is 0 Å². The number of nitrogens with zero attached hydrogens (tertiary/aromatic N) is 1. The number of aryl methyl sites for hydroxylation is 1. The summed E-state index contributed by atoms with van der Waals surface area (Å²) in [5.41, 5.74) is 6.09. The molecule has 0 spiro atoms. The molecule has 1 aliphatic carbocycles. The topological polar surface area (TPSA) is 33.1 Å². The molecule has 0 unspecified atom stereocenters. The first kappa shape index (κ1) is 9.66. The van der Waals surface area contributed by atoms with E-state index in [2.05, 4.69) is 11.9 Å². The maximum absolute atomic E-state index is 9.25. The highest BCUT2D eigenvalue weighted by Crippen LogP contribution is 2.27. The Kier molecular flexibility index (Phi) is 2.55. The van der Waals surface area contributed by atoms with Crippen LogP contribution in [0.25, 0.3) is 0 Å². The molecule has 0 saturated carbocycles. The Hall–Kier alpha value is -0.890. The van der Waals surface area contributed by atoms with E-state index in [4.69, 9.17) is 0 Å². The molecule has 1 N–H and O–H groups in total. The summed E-state index contributed by atoms with van der Waals surface area (Å²) in [5.74, 6) is 0. The van der Waals surface area contributed by atoms with Gasteiger partial charge in [0.2, 0.25) is 0 Å². The molecule has 1 aromatic rings. The van der Waals surface area contributed by atoms with Crippen molar-refractivity contribution in [1.29, 1.82) is 0 Å². The second-order valence-electron chi connectivity index (χ2n) is 4.09. The molecular weight excluding hydrogens is 174 g/mol. The summed E-state index contributed by atoms with van der Waals surface area (Å²) in [6.07, 6.45) is 4.78. The lowest BCUT2D eigenvalue weighted by Gasteiger charge is -2.21. The molecule has 14 heavy (non-hydrogen) atoms. The Morgan fingerprint density at radius 3 is 2.43 bits per heavy atom. The summed E-state index contributed by atoms with van der Waals surface area (Å²) in [6, 6.07) is 0. The smallest absolute Gasteiger partial charge is 0.0856 e. The summed E-state index contributed by atoms with van der Waals surface area (Å²) in [7, 11) is 0. The predicted octanol–water partition coefficient (Wildman–Crippen LogP) is 2.07. The van der Waals surface area contributed by atoms with Crippen molar-refractivity contribution in [2.45, 2.75) is 46.1 Å². The Balaban J connectivity index is 2.60. The fourth-order valence-electron chi connectivity index (χ4n) is 2.34. The van der Waals surface area contributed by atoms with Gasteiger partial charge in [0.25, 0.3) is 0 Å². The standard InChI is InChI=1S/C12H17NO/c1-8-9(2)13-12(7-14)11-6-4-3-5-10(8)11/h14H,3-7H2,1-2H3. The van der Waals surface area contributed by atoms with E-state index in [0.29, 0.717) is 0 Å². The number of rotatable bonds is 1. The largest absolute Gasteiger partial charge is 0.390 e. The van der Waals surface area contributed by atoms with Crippen molar-refractivity contribution in [2.75, 3.05) is 0 Å². The van der Waals surface area contributed by atoms with Crippen LogP contribution in [-0.4, -0.2) is 10.1 Å². The number of hydrogen-bond donors (Lipinski definition) is 1. The second-order valence-corrected chi connectivity index (χ2v) is 4.09. The number of aliphatic hydroxyl groups excluding tert-OH is 1.